The minimum absolute atomic E-state index is 0.897. The molecule has 3 heteroatoms. The predicted molar refractivity (Wildman–Crippen MR) is 223 cm³/mol. The number of hydrogen-bond acceptors (Lipinski definition) is 1. The lowest BCUT2D eigenvalue weighted by Crippen LogP contribution is -2.05. The second-order valence-corrected chi connectivity index (χ2v) is 14.1. The molecule has 0 saturated carbocycles. The van der Waals surface area contributed by atoms with Gasteiger partial charge in [-0.15, -0.1) is 0 Å². The number of fused-ring (bicyclic) bond motifs is 10. The van der Waals surface area contributed by atoms with E-state index in [4.69, 9.17) is 4.42 Å². The lowest BCUT2D eigenvalue weighted by atomic mass is 9.85. The van der Waals surface area contributed by atoms with Crippen molar-refractivity contribution in [1.82, 2.24) is 9.13 Å². The minimum atomic E-state index is 0.897. The molecule has 53 heavy (non-hydrogen) atoms. The molecule has 0 spiro atoms. The van der Waals surface area contributed by atoms with Crippen LogP contribution < -0.4 is 0 Å². The molecule has 0 unspecified atom stereocenters. The number of para-hydroxylation sites is 3. The fourth-order valence-electron chi connectivity index (χ4n) is 8.93. The van der Waals surface area contributed by atoms with E-state index >= 15 is 0 Å². The molecule has 1 aliphatic rings. The van der Waals surface area contributed by atoms with Gasteiger partial charge in [0.15, 0.2) is 0 Å². The highest BCUT2D eigenvalue weighted by molar-refractivity contribution is 6.13. The number of nitrogens with zero attached hydrogens (tertiary/aromatic N) is 2. The number of aromatic nitrogens is 2. The Balaban J connectivity index is 1.06. The van der Waals surface area contributed by atoms with Crippen molar-refractivity contribution in [2.75, 3.05) is 0 Å². The topological polar surface area (TPSA) is 23.0 Å². The van der Waals surface area contributed by atoms with Crippen LogP contribution in [0.3, 0.4) is 0 Å². The summed E-state index contributed by atoms with van der Waals surface area (Å²) in [6.07, 6.45) is 5.94. The first-order valence-electron chi connectivity index (χ1n) is 18.3. The Hall–Kier alpha value is -6.84. The summed E-state index contributed by atoms with van der Waals surface area (Å²) in [7, 11) is 0. The summed E-state index contributed by atoms with van der Waals surface area (Å²) in [5.74, 6) is 0. The van der Waals surface area contributed by atoms with Gasteiger partial charge in [0.05, 0.1) is 22.1 Å². The number of allylic oxidation sites excluding steroid dienone is 4. The van der Waals surface area contributed by atoms with Gasteiger partial charge in [-0.05, 0) is 113 Å². The summed E-state index contributed by atoms with van der Waals surface area (Å²) >= 11 is 0. The Morgan fingerprint density at radius 3 is 1.68 bits per heavy atom. The van der Waals surface area contributed by atoms with Crippen LogP contribution in [0.2, 0.25) is 0 Å². The first-order chi connectivity index (χ1) is 26.2. The highest BCUT2D eigenvalue weighted by Crippen LogP contribution is 2.40. The number of benzene rings is 7. The van der Waals surface area contributed by atoms with Crippen molar-refractivity contribution >= 4 is 71.1 Å². The fraction of sp³-hybridized carbons (Fsp3) is 0.0400. The van der Waals surface area contributed by atoms with Crippen LogP contribution >= 0.6 is 0 Å². The average molecular weight is 679 g/mol. The van der Waals surface area contributed by atoms with Crippen molar-refractivity contribution in [3.8, 4) is 22.5 Å². The monoisotopic (exact) mass is 678 g/mol. The molecule has 3 nitrogen and oxygen atoms in total. The zero-order chi connectivity index (χ0) is 35.2. The van der Waals surface area contributed by atoms with E-state index in [2.05, 4.69) is 156 Å². The van der Waals surface area contributed by atoms with Crippen molar-refractivity contribution in [2.45, 2.75) is 12.8 Å². The van der Waals surface area contributed by atoms with E-state index in [1.54, 1.807) is 0 Å². The zero-order valence-electron chi connectivity index (χ0n) is 29.1. The molecule has 0 bridgehead atoms. The molecule has 0 aliphatic heterocycles. The van der Waals surface area contributed by atoms with Crippen LogP contribution in [-0.4, -0.2) is 9.13 Å². The molecule has 7 aromatic carbocycles. The van der Waals surface area contributed by atoms with Gasteiger partial charge < -0.3 is 13.6 Å². The lowest BCUT2D eigenvalue weighted by molar-refractivity contribution is 0.668. The number of rotatable bonds is 5. The Morgan fingerprint density at radius 1 is 0.453 bits per heavy atom. The quantitative estimate of drug-likeness (QED) is 0.178. The van der Waals surface area contributed by atoms with Gasteiger partial charge in [-0.2, -0.15) is 0 Å². The van der Waals surface area contributed by atoms with E-state index in [1.165, 1.54) is 82.7 Å². The third-order valence-corrected chi connectivity index (χ3v) is 11.4. The standard InChI is InChI=1S/C50H34N2O/c1-3-31-17-18-34-27-35(21-23-38(34)37(31)4-2)51-45-14-8-5-11-39(45)43-28-32(19-25-47(43)51)33-20-26-48-44(29-33)40-12-6-9-15-46(40)52(48)36-22-24-42-41-13-7-10-16-49(41)53-50(42)30-36/h3-16,19-30H,1-2,17-18H2. The van der Waals surface area contributed by atoms with Crippen molar-refractivity contribution in [3.05, 3.63) is 188 Å². The Bertz CT molecular complexity index is 3210. The maximum atomic E-state index is 6.31. The Labute approximate surface area is 306 Å². The van der Waals surface area contributed by atoms with Gasteiger partial charge in [0.25, 0.3) is 0 Å². The van der Waals surface area contributed by atoms with E-state index in [1.807, 2.05) is 24.3 Å². The van der Waals surface area contributed by atoms with Crippen molar-refractivity contribution in [3.63, 3.8) is 0 Å². The largest absolute Gasteiger partial charge is 0.456 e. The van der Waals surface area contributed by atoms with Crippen LogP contribution in [0.1, 0.15) is 17.5 Å². The highest BCUT2D eigenvalue weighted by atomic mass is 16.3. The predicted octanol–water partition coefficient (Wildman–Crippen LogP) is 13.5. The average Bonchev–Trinajstić information content (AvgIpc) is 3.87. The van der Waals surface area contributed by atoms with Gasteiger partial charge in [-0.3, -0.25) is 0 Å². The zero-order valence-corrected chi connectivity index (χ0v) is 29.1. The molecular weight excluding hydrogens is 645 g/mol. The van der Waals surface area contributed by atoms with E-state index in [0.717, 1.165) is 40.5 Å². The Kier molecular flexibility index (Phi) is 6.38. The molecule has 0 amide bonds. The summed E-state index contributed by atoms with van der Waals surface area (Å²) in [6.45, 7) is 8.17. The molecule has 250 valence electrons. The van der Waals surface area contributed by atoms with E-state index in [9.17, 15) is 0 Å². The third-order valence-electron chi connectivity index (χ3n) is 11.4. The molecule has 0 fully saturated rings. The van der Waals surface area contributed by atoms with Gasteiger partial charge in [-0.25, -0.2) is 0 Å². The number of furan rings is 1. The minimum Gasteiger partial charge on any atom is -0.456 e. The maximum Gasteiger partial charge on any atom is 0.137 e. The second-order valence-electron chi connectivity index (χ2n) is 14.1. The van der Waals surface area contributed by atoms with Gasteiger partial charge in [-0.1, -0.05) is 98.1 Å². The highest BCUT2D eigenvalue weighted by Gasteiger charge is 2.20. The first-order valence-corrected chi connectivity index (χ1v) is 18.3. The van der Waals surface area contributed by atoms with Crippen molar-refractivity contribution < 1.29 is 4.42 Å². The van der Waals surface area contributed by atoms with E-state index in [0.29, 0.717) is 0 Å². The van der Waals surface area contributed by atoms with E-state index in [-0.39, 0.29) is 0 Å². The normalized spacial score (nSPS) is 13.2. The van der Waals surface area contributed by atoms with Crippen LogP contribution in [0.5, 0.6) is 0 Å². The molecule has 3 aromatic heterocycles. The van der Waals surface area contributed by atoms with Crippen LogP contribution in [0, 0.1) is 0 Å². The van der Waals surface area contributed by atoms with Crippen LogP contribution in [-0.2, 0) is 6.42 Å². The van der Waals surface area contributed by atoms with Crippen LogP contribution in [0.25, 0.3) is 93.6 Å². The summed E-state index contributed by atoms with van der Waals surface area (Å²) < 4.78 is 11.1. The van der Waals surface area contributed by atoms with Crippen LogP contribution in [0.15, 0.2) is 181 Å². The number of aryl methyl sites for hydroxylation is 1. The van der Waals surface area contributed by atoms with Gasteiger partial charge in [0.1, 0.15) is 11.2 Å². The summed E-state index contributed by atoms with van der Waals surface area (Å²) in [6, 6.07) is 53.1. The summed E-state index contributed by atoms with van der Waals surface area (Å²) in [5, 5.41) is 7.24. The fourth-order valence-corrected chi connectivity index (χ4v) is 8.93. The molecule has 11 rings (SSSR count). The van der Waals surface area contributed by atoms with Crippen molar-refractivity contribution in [1.29, 1.82) is 0 Å². The lowest BCUT2D eigenvalue weighted by Gasteiger charge is -2.21. The molecule has 0 radical (unpaired) electrons. The number of hydrogen-bond donors (Lipinski definition) is 0. The molecule has 0 saturated heterocycles. The third kappa shape index (κ3) is 4.34. The van der Waals surface area contributed by atoms with Crippen LogP contribution in [0.4, 0.5) is 0 Å². The summed E-state index contributed by atoms with van der Waals surface area (Å²) in [5.41, 5.74) is 16.3. The smallest absolute Gasteiger partial charge is 0.137 e. The maximum absolute atomic E-state index is 6.31. The molecule has 3 heterocycles. The SMILES string of the molecule is C=CC1=C(C=C)c2ccc(-n3c4ccccc4c4cc(-c5ccc6c(c5)c5ccccc5n6-c5ccc6c(c5)oc5ccccc56)ccc43)cc2CC1. The van der Waals surface area contributed by atoms with Gasteiger partial charge in [0.2, 0.25) is 0 Å². The Morgan fingerprint density at radius 2 is 1.02 bits per heavy atom. The summed E-state index contributed by atoms with van der Waals surface area (Å²) in [4.78, 5) is 0. The molecular formula is C50H34N2O. The molecule has 1 aliphatic carbocycles. The van der Waals surface area contributed by atoms with Gasteiger partial charge >= 0.3 is 0 Å². The molecule has 0 atom stereocenters. The molecule has 10 aromatic rings. The second kappa shape index (κ2) is 11.3. The van der Waals surface area contributed by atoms with Crippen molar-refractivity contribution in [2.24, 2.45) is 0 Å². The van der Waals surface area contributed by atoms with E-state index < -0.39 is 0 Å². The molecule has 0 N–H and O–H groups in total. The van der Waals surface area contributed by atoms with Gasteiger partial charge in [0, 0.05) is 49.8 Å². The first kappa shape index (κ1) is 29.8.